The van der Waals surface area contributed by atoms with Crippen LogP contribution in [0, 0.1) is 0 Å². The molecule has 1 saturated carbocycles. The number of hydrogen-bond acceptors (Lipinski definition) is 2. The van der Waals surface area contributed by atoms with E-state index in [2.05, 4.69) is 0 Å². The molecular formula is C10H14O2. The van der Waals surface area contributed by atoms with E-state index in [4.69, 9.17) is 4.74 Å². The van der Waals surface area contributed by atoms with Gasteiger partial charge in [-0.05, 0) is 32.6 Å². The molecule has 0 radical (unpaired) electrons. The SMILES string of the molecule is CC1=CC(=O)OC2(CCCC2)C1. The highest BCUT2D eigenvalue weighted by Crippen LogP contribution is 2.40. The second-order valence-electron chi connectivity index (χ2n) is 3.98. The van der Waals surface area contributed by atoms with Gasteiger partial charge in [0, 0.05) is 12.5 Å². The molecule has 0 bridgehead atoms. The molecule has 66 valence electrons. The maximum absolute atomic E-state index is 11.1. The molecule has 2 aliphatic rings. The normalized spacial score (nSPS) is 27.1. The first-order valence-electron chi connectivity index (χ1n) is 4.60. The zero-order valence-corrected chi connectivity index (χ0v) is 7.43. The second kappa shape index (κ2) is 2.61. The van der Waals surface area contributed by atoms with Crippen LogP contribution in [0.3, 0.4) is 0 Å². The fourth-order valence-electron chi connectivity index (χ4n) is 2.34. The molecular weight excluding hydrogens is 152 g/mol. The largest absolute Gasteiger partial charge is 0.456 e. The zero-order chi connectivity index (χ0) is 8.60. The van der Waals surface area contributed by atoms with Gasteiger partial charge in [-0.15, -0.1) is 0 Å². The Bertz CT molecular complexity index is 234. The van der Waals surface area contributed by atoms with Crippen molar-refractivity contribution in [3.63, 3.8) is 0 Å². The predicted molar refractivity (Wildman–Crippen MR) is 45.7 cm³/mol. The minimum atomic E-state index is -0.138. The van der Waals surface area contributed by atoms with Crippen molar-refractivity contribution in [3.8, 4) is 0 Å². The summed E-state index contributed by atoms with van der Waals surface area (Å²) in [5, 5.41) is 0. The lowest BCUT2D eigenvalue weighted by molar-refractivity contribution is -0.154. The van der Waals surface area contributed by atoms with Crippen LogP contribution >= 0.6 is 0 Å². The Kier molecular flexibility index (Phi) is 1.71. The third-order valence-corrected chi connectivity index (χ3v) is 2.80. The molecule has 0 amide bonds. The molecule has 1 spiro atoms. The van der Waals surface area contributed by atoms with Crippen molar-refractivity contribution in [2.24, 2.45) is 0 Å². The molecule has 1 aliphatic heterocycles. The van der Waals surface area contributed by atoms with Gasteiger partial charge in [0.15, 0.2) is 0 Å². The van der Waals surface area contributed by atoms with E-state index in [1.54, 1.807) is 6.08 Å². The topological polar surface area (TPSA) is 26.3 Å². The summed E-state index contributed by atoms with van der Waals surface area (Å²) in [5.74, 6) is -0.138. The molecule has 0 atom stereocenters. The third-order valence-electron chi connectivity index (χ3n) is 2.80. The number of ether oxygens (including phenoxy) is 1. The molecule has 2 nitrogen and oxygen atoms in total. The highest BCUT2D eigenvalue weighted by molar-refractivity contribution is 5.84. The molecule has 0 N–H and O–H groups in total. The van der Waals surface area contributed by atoms with Gasteiger partial charge in [0.2, 0.25) is 0 Å². The quantitative estimate of drug-likeness (QED) is 0.516. The van der Waals surface area contributed by atoms with Crippen LogP contribution in [0.2, 0.25) is 0 Å². The molecule has 12 heavy (non-hydrogen) atoms. The average Bonchev–Trinajstić information content (AvgIpc) is 2.33. The number of rotatable bonds is 0. The van der Waals surface area contributed by atoms with Crippen LogP contribution in [0.1, 0.15) is 39.0 Å². The van der Waals surface area contributed by atoms with Gasteiger partial charge in [0.25, 0.3) is 0 Å². The Morgan fingerprint density at radius 3 is 2.67 bits per heavy atom. The average molecular weight is 166 g/mol. The van der Waals surface area contributed by atoms with Crippen LogP contribution in [-0.4, -0.2) is 11.6 Å². The maximum atomic E-state index is 11.1. The lowest BCUT2D eigenvalue weighted by atomic mass is 9.91. The molecule has 0 saturated heterocycles. The van der Waals surface area contributed by atoms with Crippen LogP contribution < -0.4 is 0 Å². The van der Waals surface area contributed by atoms with E-state index in [-0.39, 0.29) is 11.6 Å². The lowest BCUT2D eigenvalue weighted by Gasteiger charge is -2.32. The first-order valence-corrected chi connectivity index (χ1v) is 4.60. The molecule has 2 rings (SSSR count). The van der Waals surface area contributed by atoms with Crippen LogP contribution in [0.15, 0.2) is 11.6 Å². The number of esters is 1. The van der Waals surface area contributed by atoms with Crippen molar-refractivity contribution in [2.75, 3.05) is 0 Å². The van der Waals surface area contributed by atoms with Gasteiger partial charge in [-0.1, -0.05) is 5.57 Å². The van der Waals surface area contributed by atoms with E-state index >= 15 is 0 Å². The minimum absolute atomic E-state index is 0.101. The van der Waals surface area contributed by atoms with Crippen molar-refractivity contribution in [1.82, 2.24) is 0 Å². The molecule has 2 heteroatoms. The van der Waals surface area contributed by atoms with Gasteiger partial charge in [-0.25, -0.2) is 4.79 Å². The van der Waals surface area contributed by atoms with E-state index < -0.39 is 0 Å². The van der Waals surface area contributed by atoms with E-state index in [0.717, 1.165) is 19.3 Å². The number of carbonyl (C=O) groups excluding carboxylic acids is 1. The van der Waals surface area contributed by atoms with E-state index in [9.17, 15) is 4.79 Å². The molecule has 0 aromatic heterocycles. The summed E-state index contributed by atoms with van der Waals surface area (Å²) < 4.78 is 5.39. The van der Waals surface area contributed by atoms with E-state index in [1.807, 2.05) is 6.92 Å². The van der Waals surface area contributed by atoms with Crippen LogP contribution in [0.5, 0.6) is 0 Å². The smallest absolute Gasteiger partial charge is 0.331 e. The second-order valence-corrected chi connectivity index (χ2v) is 3.98. The first-order chi connectivity index (χ1) is 5.70. The molecule has 0 aromatic rings. The fourth-order valence-corrected chi connectivity index (χ4v) is 2.34. The van der Waals surface area contributed by atoms with Crippen molar-refractivity contribution >= 4 is 5.97 Å². The summed E-state index contributed by atoms with van der Waals surface area (Å²) in [6, 6.07) is 0. The highest BCUT2D eigenvalue weighted by atomic mass is 16.6. The molecule has 0 unspecified atom stereocenters. The summed E-state index contributed by atoms with van der Waals surface area (Å²) in [4.78, 5) is 11.1. The summed E-state index contributed by atoms with van der Waals surface area (Å²) in [7, 11) is 0. The van der Waals surface area contributed by atoms with Crippen molar-refractivity contribution < 1.29 is 9.53 Å². The van der Waals surface area contributed by atoms with E-state index in [0.29, 0.717) is 0 Å². The summed E-state index contributed by atoms with van der Waals surface area (Å²) in [6.07, 6.45) is 7.11. The Morgan fingerprint density at radius 2 is 2.08 bits per heavy atom. The van der Waals surface area contributed by atoms with Gasteiger partial charge < -0.3 is 4.74 Å². The van der Waals surface area contributed by atoms with Crippen LogP contribution in [0.25, 0.3) is 0 Å². The van der Waals surface area contributed by atoms with E-state index in [1.165, 1.54) is 18.4 Å². The highest BCUT2D eigenvalue weighted by Gasteiger charge is 2.39. The summed E-state index contributed by atoms with van der Waals surface area (Å²) in [5.41, 5.74) is 1.07. The lowest BCUT2D eigenvalue weighted by Crippen LogP contribution is -2.34. The predicted octanol–water partition coefficient (Wildman–Crippen LogP) is 2.19. The van der Waals surface area contributed by atoms with Crippen molar-refractivity contribution in [2.45, 2.75) is 44.6 Å². The van der Waals surface area contributed by atoms with Gasteiger partial charge >= 0.3 is 5.97 Å². The number of carbonyl (C=O) groups is 1. The summed E-state index contributed by atoms with van der Waals surface area (Å²) >= 11 is 0. The first kappa shape index (κ1) is 7.84. The van der Waals surface area contributed by atoms with Gasteiger partial charge in [0.1, 0.15) is 5.60 Å². The Hall–Kier alpha value is -0.790. The Morgan fingerprint density at radius 1 is 1.42 bits per heavy atom. The van der Waals surface area contributed by atoms with Crippen LogP contribution in [0.4, 0.5) is 0 Å². The summed E-state index contributed by atoms with van der Waals surface area (Å²) in [6.45, 7) is 2.01. The van der Waals surface area contributed by atoms with Crippen molar-refractivity contribution in [3.05, 3.63) is 11.6 Å². The van der Waals surface area contributed by atoms with Gasteiger partial charge in [0.05, 0.1) is 0 Å². The molecule has 1 heterocycles. The molecule has 1 aliphatic carbocycles. The van der Waals surface area contributed by atoms with Gasteiger partial charge in [-0.2, -0.15) is 0 Å². The Labute approximate surface area is 72.6 Å². The fraction of sp³-hybridized carbons (Fsp3) is 0.700. The standard InChI is InChI=1S/C10H14O2/c1-8-6-9(11)12-10(7-8)4-2-3-5-10/h6H,2-5,7H2,1H3. The molecule has 0 aromatic carbocycles. The molecule has 1 fully saturated rings. The minimum Gasteiger partial charge on any atom is -0.456 e. The van der Waals surface area contributed by atoms with Gasteiger partial charge in [-0.3, -0.25) is 0 Å². The number of hydrogen-bond donors (Lipinski definition) is 0. The van der Waals surface area contributed by atoms with Crippen molar-refractivity contribution in [1.29, 1.82) is 0 Å². The zero-order valence-electron chi connectivity index (χ0n) is 7.43. The monoisotopic (exact) mass is 166 g/mol. The maximum Gasteiger partial charge on any atom is 0.331 e. The van der Waals surface area contributed by atoms with Crippen LogP contribution in [-0.2, 0) is 9.53 Å². The Balaban J connectivity index is 2.20. The third kappa shape index (κ3) is 1.26.